The van der Waals surface area contributed by atoms with Gasteiger partial charge in [0.25, 0.3) is 0 Å². The molecule has 0 aromatic heterocycles. The molecule has 1 aromatic rings. The lowest BCUT2D eigenvalue weighted by Gasteiger charge is -2.24. The van der Waals surface area contributed by atoms with E-state index in [1.165, 1.54) is 0 Å². The fraction of sp³-hybridized carbons (Fsp3) is 0.533. The Morgan fingerprint density at radius 3 is 2.79 bits per heavy atom. The topological polar surface area (TPSA) is 29.5 Å². The number of methoxy groups -OCH3 is 1. The van der Waals surface area contributed by atoms with E-state index in [9.17, 15) is 4.79 Å². The SMILES string of the molecule is COc1ccc(CC(=O)N2CCCC2CCCl)cc1. The lowest BCUT2D eigenvalue weighted by molar-refractivity contribution is -0.131. The first-order valence-electron chi connectivity index (χ1n) is 6.73. The Morgan fingerprint density at radius 1 is 1.42 bits per heavy atom. The van der Waals surface area contributed by atoms with Gasteiger partial charge in [-0.05, 0) is 37.0 Å². The number of benzene rings is 1. The van der Waals surface area contributed by atoms with Crippen LogP contribution in [0, 0.1) is 0 Å². The van der Waals surface area contributed by atoms with Crippen molar-refractivity contribution in [2.75, 3.05) is 19.5 Å². The number of likely N-dealkylation sites (tertiary alicyclic amines) is 1. The molecule has 1 heterocycles. The first-order valence-corrected chi connectivity index (χ1v) is 7.26. The molecule has 0 N–H and O–H groups in total. The predicted octanol–water partition coefficient (Wildman–Crippen LogP) is 2.86. The number of halogens is 1. The van der Waals surface area contributed by atoms with E-state index in [2.05, 4.69) is 0 Å². The van der Waals surface area contributed by atoms with E-state index in [0.29, 0.717) is 18.3 Å². The van der Waals surface area contributed by atoms with Gasteiger partial charge in [0.2, 0.25) is 5.91 Å². The highest BCUT2D eigenvalue weighted by molar-refractivity contribution is 6.17. The Labute approximate surface area is 119 Å². The Hall–Kier alpha value is -1.22. The first kappa shape index (κ1) is 14.2. The Morgan fingerprint density at radius 2 is 2.16 bits per heavy atom. The average Bonchev–Trinajstić information content (AvgIpc) is 2.88. The molecule has 3 nitrogen and oxygen atoms in total. The molecule has 1 saturated heterocycles. The number of amides is 1. The summed E-state index contributed by atoms with van der Waals surface area (Å²) in [5, 5.41) is 0. The number of nitrogens with zero attached hydrogens (tertiary/aromatic N) is 1. The number of alkyl halides is 1. The van der Waals surface area contributed by atoms with Crippen molar-refractivity contribution in [1.82, 2.24) is 4.90 Å². The van der Waals surface area contributed by atoms with Crippen molar-refractivity contribution in [3.8, 4) is 5.75 Å². The summed E-state index contributed by atoms with van der Waals surface area (Å²) in [6, 6.07) is 8.02. The summed E-state index contributed by atoms with van der Waals surface area (Å²) in [5.41, 5.74) is 1.03. The van der Waals surface area contributed by atoms with Crippen molar-refractivity contribution in [2.24, 2.45) is 0 Å². The molecule has 1 aliphatic heterocycles. The van der Waals surface area contributed by atoms with E-state index in [0.717, 1.165) is 37.1 Å². The molecule has 1 fully saturated rings. The molecular formula is C15H20ClNO2. The smallest absolute Gasteiger partial charge is 0.227 e. The normalized spacial score (nSPS) is 18.6. The zero-order chi connectivity index (χ0) is 13.7. The third-order valence-electron chi connectivity index (χ3n) is 3.65. The third kappa shape index (κ3) is 3.63. The Kier molecular flexibility index (Phi) is 5.08. The molecule has 1 atom stereocenters. The number of hydrogen-bond donors (Lipinski definition) is 0. The van der Waals surface area contributed by atoms with Gasteiger partial charge in [0.05, 0.1) is 13.5 Å². The van der Waals surface area contributed by atoms with Crippen LogP contribution in [0.1, 0.15) is 24.8 Å². The van der Waals surface area contributed by atoms with Crippen molar-refractivity contribution in [3.63, 3.8) is 0 Å². The number of rotatable bonds is 5. The van der Waals surface area contributed by atoms with Crippen molar-refractivity contribution < 1.29 is 9.53 Å². The van der Waals surface area contributed by atoms with Crippen LogP contribution in [0.15, 0.2) is 24.3 Å². The molecular weight excluding hydrogens is 262 g/mol. The highest BCUT2D eigenvalue weighted by Gasteiger charge is 2.27. The number of carbonyl (C=O) groups excluding carboxylic acids is 1. The maximum atomic E-state index is 12.3. The van der Waals surface area contributed by atoms with Crippen LogP contribution < -0.4 is 4.74 Å². The van der Waals surface area contributed by atoms with Gasteiger partial charge in [-0.3, -0.25) is 4.79 Å². The van der Waals surface area contributed by atoms with Gasteiger partial charge in [0, 0.05) is 18.5 Å². The summed E-state index contributed by atoms with van der Waals surface area (Å²) >= 11 is 5.79. The second kappa shape index (κ2) is 6.80. The van der Waals surface area contributed by atoms with Gasteiger partial charge < -0.3 is 9.64 Å². The minimum Gasteiger partial charge on any atom is -0.497 e. The summed E-state index contributed by atoms with van der Waals surface area (Å²) in [6.45, 7) is 0.872. The monoisotopic (exact) mass is 281 g/mol. The van der Waals surface area contributed by atoms with Crippen LogP contribution in [0.2, 0.25) is 0 Å². The molecule has 4 heteroatoms. The summed E-state index contributed by atoms with van der Waals surface area (Å²) in [5.74, 6) is 1.65. The molecule has 2 rings (SSSR count). The second-order valence-corrected chi connectivity index (χ2v) is 5.26. The molecule has 0 aliphatic carbocycles. The van der Waals surface area contributed by atoms with Gasteiger partial charge in [-0.2, -0.15) is 0 Å². The molecule has 0 bridgehead atoms. The van der Waals surface area contributed by atoms with Crippen LogP contribution in [-0.2, 0) is 11.2 Å². The zero-order valence-electron chi connectivity index (χ0n) is 11.3. The van der Waals surface area contributed by atoms with E-state index >= 15 is 0 Å². The van der Waals surface area contributed by atoms with E-state index in [1.54, 1.807) is 7.11 Å². The molecule has 0 radical (unpaired) electrons. The first-order chi connectivity index (χ1) is 9.24. The molecule has 1 unspecified atom stereocenters. The van der Waals surface area contributed by atoms with E-state index in [4.69, 9.17) is 16.3 Å². The minimum atomic E-state index is 0.206. The zero-order valence-corrected chi connectivity index (χ0v) is 12.0. The number of hydrogen-bond acceptors (Lipinski definition) is 2. The number of ether oxygens (including phenoxy) is 1. The quantitative estimate of drug-likeness (QED) is 0.777. The largest absolute Gasteiger partial charge is 0.497 e. The average molecular weight is 282 g/mol. The maximum absolute atomic E-state index is 12.3. The summed E-state index contributed by atoms with van der Waals surface area (Å²) in [7, 11) is 1.64. The van der Waals surface area contributed by atoms with Crippen molar-refractivity contribution in [3.05, 3.63) is 29.8 Å². The lowest BCUT2D eigenvalue weighted by Crippen LogP contribution is -2.36. The fourth-order valence-electron chi connectivity index (χ4n) is 2.61. The fourth-order valence-corrected chi connectivity index (χ4v) is 2.86. The van der Waals surface area contributed by atoms with Gasteiger partial charge in [-0.1, -0.05) is 12.1 Å². The molecule has 1 aliphatic rings. The van der Waals surface area contributed by atoms with Crippen LogP contribution in [-0.4, -0.2) is 36.4 Å². The minimum absolute atomic E-state index is 0.206. The van der Waals surface area contributed by atoms with Crippen molar-refractivity contribution >= 4 is 17.5 Å². The van der Waals surface area contributed by atoms with Gasteiger partial charge in [0.1, 0.15) is 5.75 Å². The molecule has 1 amide bonds. The summed E-state index contributed by atoms with van der Waals surface area (Å²) in [6.07, 6.45) is 3.54. The molecule has 0 spiro atoms. The van der Waals surface area contributed by atoms with Crippen LogP contribution in [0.4, 0.5) is 0 Å². The predicted molar refractivity (Wildman–Crippen MR) is 76.8 cm³/mol. The summed E-state index contributed by atoms with van der Waals surface area (Å²) in [4.78, 5) is 14.3. The highest BCUT2D eigenvalue weighted by Crippen LogP contribution is 2.22. The van der Waals surface area contributed by atoms with Crippen LogP contribution >= 0.6 is 11.6 Å². The van der Waals surface area contributed by atoms with Crippen molar-refractivity contribution in [2.45, 2.75) is 31.7 Å². The maximum Gasteiger partial charge on any atom is 0.227 e. The van der Waals surface area contributed by atoms with Crippen LogP contribution in [0.3, 0.4) is 0 Å². The van der Waals surface area contributed by atoms with Gasteiger partial charge >= 0.3 is 0 Å². The molecule has 19 heavy (non-hydrogen) atoms. The molecule has 0 saturated carbocycles. The molecule has 1 aromatic carbocycles. The second-order valence-electron chi connectivity index (χ2n) is 4.89. The summed E-state index contributed by atoms with van der Waals surface area (Å²) < 4.78 is 5.11. The number of carbonyl (C=O) groups is 1. The van der Waals surface area contributed by atoms with Crippen molar-refractivity contribution in [1.29, 1.82) is 0 Å². The highest BCUT2D eigenvalue weighted by atomic mass is 35.5. The van der Waals surface area contributed by atoms with Gasteiger partial charge in [0.15, 0.2) is 0 Å². The third-order valence-corrected chi connectivity index (χ3v) is 3.87. The standard InChI is InChI=1S/C15H20ClNO2/c1-19-14-6-4-12(5-7-14)11-15(18)17-10-2-3-13(17)8-9-16/h4-7,13H,2-3,8-11H2,1H3. The van der Waals surface area contributed by atoms with Gasteiger partial charge in [-0.25, -0.2) is 0 Å². The van der Waals surface area contributed by atoms with E-state index in [1.807, 2.05) is 29.2 Å². The van der Waals surface area contributed by atoms with E-state index < -0.39 is 0 Å². The Balaban J connectivity index is 1.95. The van der Waals surface area contributed by atoms with Gasteiger partial charge in [-0.15, -0.1) is 11.6 Å². The Bertz CT molecular complexity index is 419. The van der Waals surface area contributed by atoms with Crippen LogP contribution in [0.5, 0.6) is 5.75 Å². The lowest BCUT2D eigenvalue weighted by atomic mass is 10.1. The van der Waals surface area contributed by atoms with E-state index in [-0.39, 0.29) is 5.91 Å². The molecule has 104 valence electrons. The van der Waals surface area contributed by atoms with Crippen LogP contribution in [0.25, 0.3) is 0 Å².